The maximum absolute atomic E-state index is 12.5. The molecule has 1 saturated heterocycles. The number of hydrogen-bond donors (Lipinski definition) is 1. The van der Waals surface area contributed by atoms with Crippen LogP contribution >= 0.6 is 0 Å². The van der Waals surface area contributed by atoms with Crippen molar-refractivity contribution in [2.75, 3.05) is 19.6 Å². The lowest BCUT2D eigenvalue weighted by molar-refractivity contribution is -0.118. The fourth-order valence-corrected chi connectivity index (χ4v) is 4.00. The average Bonchev–Trinajstić information content (AvgIpc) is 2.71. The van der Waals surface area contributed by atoms with Crippen molar-refractivity contribution in [1.82, 2.24) is 10.2 Å². The molecule has 3 rings (SSSR count). The topological polar surface area (TPSA) is 58.6 Å². The Labute approximate surface area is 161 Å². The zero-order valence-corrected chi connectivity index (χ0v) is 16.2. The summed E-state index contributed by atoms with van der Waals surface area (Å²) in [6.45, 7) is 4.54. The number of amides is 2. The molecule has 27 heavy (non-hydrogen) atoms. The molecule has 0 saturated carbocycles. The standard InChI is InChI=1S/C22H30N2O3/c1-2-3-9-18-10-13-23-21(25)20(18)19-11-14-24(15-12-19)22(26)27-16-17-7-5-4-6-8-17/h4-8,19H,2-3,9-16H2,1H3,(H,23,25). The number of likely N-dealkylation sites (tertiary alicyclic amines) is 1. The molecule has 0 unspecified atom stereocenters. The summed E-state index contributed by atoms with van der Waals surface area (Å²) in [5, 5.41) is 3.01. The number of piperidine rings is 1. The van der Waals surface area contributed by atoms with Crippen molar-refractivity contribution in [3.63, 3.8) is 0 Å². The first-order valence-corrected chi connectivity index (χ1v) is 10.1. The first kappa shape index (κ1) is 19.5. The average molecular weight is 370 g/mol. The van der Waals surface area contributed by atoms with E-state index in [1.54, 1.807) is 4.90 Å². The van der Waals surface area contributed by atoms with E-state index in [0.717, 1.165) is 56.2 Å². The third-order valence-electron chi connectivity index (χ3n) is 5.54. The van der Waals surface area contributed by atoms with Gasteiger partial charge < -0.3 is 15.0 Å². The lowest BCUT2D eigenvalue weighted by Gasteiger charge is -2.34. The van der Waals surface area contributed by atoms with Crippen LogP contribution < -0.4 is 5.32 Å². The molecule has 0 radical (unpaired) electrons. The number of carbonyl (C=O) groups excluding carboxylic acids is 2. The molecule has 2 heterocycles. The van der Waals surface area contributed by atoms with Gasteiger partial charge in [0.1, 0.15) is 6.61 Å². The second-order valence-electron chi connectivity index (χ2n) is 7.43. The maximum Gasteiger partial charge on any atom is 0.410 e. The van der Waals surface area contributed by atoms with Crippen molar-refractivity contribution in [3.05, 3.63) is 47.0 Å². The van der Waals surface area contributed by atoms with Gasteiger partial charge in [-0.3, -0.25) is 4.79 Å². The van der Waals surface area contributed by atoms with Gasteiger partial charge in [-0.15, -0.1) is 0 Å². The number of unbranched alkanes of at least 4 members (excludes halogenated alkanes) is 1. The molecule has 0 atom stereocenters. The van der Waals surface area contributed by atoms with Crippen LogP contribution in [0.2, 0.25) is 0 Å². The van der Waals surface area contributed by atoms with Crippen LogP contribution in [0.1, 0.15) is 51.0 Å². The highest BCUT2D eigenvalue weighted by Gasteiger charge is 2.31. The Morgan fingerprint density at radius 1 is 1.22 bits per heavy atom. The van der Waals surface area contributed by atoms with Gasteiger partial charge in [0, 0.05) is 25.2 Å². The number of hydrogen-bond acceptors (Lipinski definition) is 3. The van der Waals surface area contributed by atoms with E-state index < -0.39 is 0 Å². The number of nitrogens with zero attached hydrogens (tertiary/aromatic N) is 1. The number of ether oxygens (including phenoxy) is 1. The predicted molar refractivity (Wildman–Crippen MR) is 105 cm³/mol. The summed E-state index contributed by atoms with van der Waals surface area (Å²) in [4.78, 5) is 26.6. The third kappa shape index (κ3) is 5.12. The molecule has 2 aliphatic rings. The second kappa shape index (κ2) is 9.58. The number of carbonyl (C=O) groups is 2. The molecule has 0 aliphatic carbocycles. The highest BCUT2D eigenvalue weighted by molar-refractivity contribution is 5.95. The smallest absolute Gasteiger partial charge is 0.410 e. The monoisotopic (exact) mass is 370 g/mol. The Balaban J connectivity index is 1.54. The molecular weight excluding hydrogens is 340 g/mol. The van der Waals surface area contributed by atoms with Crippen LogP contribution in [0.5, 0.6) is 0 Å². The second-order valence-corrected chi connectivity index (χ2v) is 7.43. The summed E-state index contributed by atoms with van der Waals surface area (Å²) in [7, 11) is 0. The molecule has 1 fully saturated rings. The van der Waals surface area contributed by atoms with Crippen LogP contribution in [0, 0.1) is 5.92 Å². The highest BCUT2D eigenvalue weighted by atomic mass is 16.6. The van der Waals surface area contributed by atoms with Gasteiger partial charge in [-0.1, -0.05) is 49.2 Å². The minimum absolute atomic E-state index is 0.109. The summed E-state index contributed by atoms with van der Waals surface area (Å²) in [5.74, 6) is 0.368. The van der Waals surface area contributed by atoms with E-state index in [-0.39, 0.29) is 17.9 Å². The summed E-state index contributed by atoms with van der Waals surface area (Å²) < 4.78 is 5.44. The van der Waals surface area contributed by atoms with Crippen molar-refractivity contribution < 1.29 is 14.3 Å². The molecule has 1 aromatic carbocycles. The van der Waals surface area contributed by atoms with Crippen LogP contribution in [0.15, 0.2) is 41.5 Å². The Morgan fingerprint density at radius 2 is 1.96 bits per heavy atom. The van der Waals surface area contributed by atoms with Crippen molar-refractivity contribution in [1.29, 1.82) is 0 Å². The molecule has 5 nitrogen and oxygen atoms in total. The van der Waals surface area contributed by atoms with Crippen LogP contribution in [-0.4, -0.2) is 36.5 Å². The SMILES string of the molecule is CCCCC1=C(C2CCN(C(=O)OCc3ccccc3)CC2)C(=O)NCC1. The molecule has 5 heteroatoms. The summed E-state index contributed by atoms with van der Waals surface area (Å²) in [6.07, 6.45) is 5.68. The van der Waals surface area contributed by atoms with E-state index in [2.05, 4.69) is 12.2 Å². The molecule has 0 aromatic heterocycles. The lowest BCUT2D eigenvalue weighted by Crippen LogP contribution is -2.42. The Morgan fingerprint density at radius 3 is 2.67 bits per heavy atom. The first-order valence-electron chi connectivity index (χ1n) is 10.1. The zero-order valence-electron chi connectivity index (χ0n) is 16.2. The van der Waals surface area contributed by atoms with Crippen LogP contribution in [-0.2, 0) is 16.1 Å². The minimum Gasteiger partial charge on any atom is -0.445 e. The quantitative estimate of drug-likeness (QED) is 0.822. The normalized spacial score (nSPS) is 18.4. The summed E-state index contributed by atoms with van der Waals surface area (Å²) >= 11 is 0. The van der Waals surface area contributed by atoms with Crippen molar-refractivity contribution in [2.45, 2.75) is 52.1 Å². The summed E-state index contributed by atoms with van der Waals surface area (Å²) in [6, 6.07) is 9.72. The largest absolute Gasteiger partial charge is 0.445 e. The lowest BCUT2D eigenvalue weighted by atomic mass is 9.82. The zero-order chi connectivity index (χ0) is 19.1. The van der Waals surface area contributed by atoms with Crippen molar-refractivity contribution >= 4 is 12.0 Å². The fraction of sp³-hybridized carbons (Fsp3) is 0.545. The van der Waals surface area contributed by atoms with Gasteiger partial charge >= 0.3 is 6.09 Å². The third-order valence-corrected chi connectivity index (χ3v) is 5.54. The molecule has 2 amide bonds. The van der Waals surface area contributed by atoms with Crippen molar-refractivity contribution in [3.8, 4) is 0 Å². The number of rotatable bonds is 6. The molecule has 0 spiro atoms. The molecular formula is C22H30N2O3. The van der Waals surface area contributed by atoms with Gasteiger partial charge in [-0.25, -0.2) is 4.79 Å². The molecule has 0 bridgehead atoms. The molecule has 146 valence electrons. The van der Waals surface area contributed by atoms with Crippen molar-refractivity contribution in [2.24, 2.45) is 5.92 Å². The first-order chi connectivity index (χ1) is 13.2. The number of benzene rings is 1. The van der Waals surface area contributed by atoms with Crippen LogP contribution in [0.3, 0.4) is 0 Å². The van der Waals surface area contributed by atoms with E-state index in [0.29, 0.717) is 19.7 Å². The van der Waals surface area contributed by atoms with E-state index in [4.69, 9.17) is 4.74 Å². The highest BCUT2D eigenvalue weighted by Crippen LogP contribution is 2.32. The minimum atomic E-state index is -0.259. The molecule has 1 N–H and O–H groups in total. The molecule has 1 aromatic rings. The van der Waals surface area contributed by atoms with Crippen LogP contribution in [0.4, 0.5) is 4.79 Å². The van der Waals surface area contributed by atoms with Gasteiger partial charge in [0.2, 0.25) is 5.91 Å². The van der Waals surface area contributed by atoms with E-state index in [9.17, 15) is 9.59 Å². The van der Waals surface area contributed by atoms with Gasteiger partial charge in [0.15, 0.2) is 0 Å². The van der Waals surface area contributed by atoms with Gasteiger partial charge in [0.25, 0.3) is 0 Å². The Kier molecular flexibility index (Phi) is 6.91. The van der Waals surface area contributed by atoms with Crippen LogP contribution in [0.25, 0.3) is 0 Å². The maximum atomic E-state index is 12.5. The van der Waals surface area contributed by atoms with Gasteiger partial charge in [-0.05, 0) is 43.6 Å². The Hall–Kier alpha value is -2.30. The summed E-state index contributed by atoms with van der Waals surface area (Å²) in [5.41, 5.74) is 3.34. The predicted octanol–water partition coefficient (Wildman–Crippen LogP) is 4.04. The molecule has 2 aliphatic heterocycles. The van der Waals surface area contributed by atoms with E-state index in [1.165, 1.54) is 5.57 Å². The Bertz CT molecular complexity index is 676. The van der Waals surface area contributed by atoms with E-state index in [1.807, 2.05) is 30.3 Å². The number of nitrogens with one attached hydrogen (secondary N) is 1. The van der Waals surface area contributed by atoms with Gasteiger partial charge in [-0.2, -0.15) is 0 Å². The van der Waals surface area contributed by atoms with Gasteiger partial charge in [0.05, 0.1) is 0 Å². The van der Waals surface area contributed by atoms with E-state index >= 15 is 0 Å². The fourth-order valence-electron chi connectivity index (χ4n) is 4.00.